The zero-order valence-electron chi connectivity index (χ0n) is 13.5. The lowest BCUT2D eigenvalue weighted by Crippen LogP contribution is -2.50. The van der Waals surface area contributed by atoms with E-state index in [4.69, 9.17) is 0 Å². The van der Waals surface area contributed by atoms with Gasteiger partial charge in [-0.15, -0.1) is 0 Å². The van der Waals surface area contributed by atoms with E-state index in [2.05, 4.69) is 29.6 Å². The van der Waals surface area contributed by atoms with Crippen LogP contribution in [0, 0.1) is 0 Å². The first kappa shape index (κ1) is 16.3. The number of urea groups is 1. The minimum absolute atomic E-state index is 0.0320. The Morgan fingerprint density at radius 2 is 1.87 bits per heavy atom. The first-order valence-corrected chi connectivity index (χ1v) is 10.2. The summed E-state index contributed by atoms with van der Waals surface area (Å²) in [6.07, 6.45) is 5.15. The van der Waals surface area contributed by atoms with Crippen molar-refractivity contribution in [2.75, 3.05) is 25.1 Å². The minimum atomic E-state index is -3.07. The molecule has 1 spiro atoms. The summed E-state index contributed by atoms with van der Waals surface area (Å²) in [6.45, 7) is 0.928. The second-order valence-corrected chi connectivity index (χ2v) is 9.11. The van der Waals surface area contributed by atoms with Crippen LogP contribution in [0.3, 0.4) is 0 Å². The standard InChI is InChI=1S/C17H24N2O3S/c1-23(21,22)12-11-19-16(20)18-13-17(19)9-7-15(8-10-17)14-5-3-2-4-6-14/h2-6,15H,7-13H2,1H3,(H,18,20). The van der Waals surface area contributed by atoms with Crippen LogP contribution in [-0.2, 0) is 9.84 Å². The molecule has 1 aromatic carbocycles. The molecule has 5 nitrogen and oxygen atoms in total. The van der Waals surface area contributed by atoms with Crippen LogP contribution in [0.1, 0.15) is 37.2 Å². The molecule has 23 heavy (non-hydrogen) atoms. The van der Waals surface area contributed by atoms with Crippen molar-refractivity contribution in [2.24, 2.45) is 0 Å². The summed E-state index contributed by atoms with van der Waals surface area (Å²) in [7, 11) is -3.07. The van der Waals surface area contributed by atoms with Crippen LogP contribution >= 0.6 is 0 Å². The lowest BCUT2D eigenvalue weighted by atomic mass is 9.74. The third kappa shape index (κ3) is 3.52. The number of nitrogens with one attached hydrogen (secondary N) is 1. The SMILES string of the molecule is CS(=O)(=O)CCN1C(=O)NCC12CCC(c1ccccc1)CC2. The highest BCUT2D eigenvalue weighted by Gasteiger charge is 2.47. The topological polar surface area (TPSA) is 66.5 Å². The quantitative estimate of drug-likeness (QED) is 0.916. The number of benzene rings is 1. The van der Waals surface area contributed by atoms with E-state index < -0.39 is 9.84 Å². The van der Waals surface area contributed by atoms with E-state index in [9.17, 15) is 13.2 Å². The van der Waals surface area contributed by atoms with E-state index in [0.717, 1.165) is 25.7 Å². The molecule has 0 unspecified atom stereocenters. The first-order valence-electron chi connectivity index (χ1n) is 8.18. The number of amides is 2. The van der Waals surface area contributed by atoms with Gasteiger partial charge < -0.3 is 10.2 Å². The van der Waals surface area contributed by atoms with Crippen LogP contribution in [0.15, 0.2) is 30.3 Å². The summed E-state index contributed by atoms with van der Waals surface area (Å²) < 4.78 is 22.9. The Kier molecular flexibility index (Phi) is 4.36. The Morgan fingerprint density at radius 3 is 2.48 bits per heavy atom. The normalized spacial score (nSPS) is 28.1. The second-order valence-electron chi connectivity index (χ2n) is 6.85. The third-order valence-corrected chi connectivity index (χ3v) is 6.18. The van der Waals surface area contributed by atoms with Crippen molar-refractivity contribution >= 4 is 15.9 Å². The van der Waals surface area contributed by atoms with Crippen molar-refractivity contribution in [2.45, 2.75) is 37.1 Å². The summed E-state index contributed by atoms with van der Waals surface area (Å²) in [4.78, 5) is 13.9. The van der Waals surface area contributed by atoms with Gasteiger partial charge in [-0.3, -0.25) is 0 Å². The van der Waals surface area contributed by atoms with Crippen LogP contribution in [0.25, 0.3) is 0 Å². The van der Waals surface area contributed by atoms with Crippen molar-refractivity contribution in [3.63, 3.8) is 0 Å². The Bertz CT molecular complexity index is 664. The molecule has 1 N–H and O–H groups in total. The fraction of sp³-hybridized carbons (Fsp3) is 0.588. The smallest absolute Gasteiger partial charge is 0.318 e. The van der Waals surface area contributed by atoms with Gasteiger partial charge in [0.05, 0.1) is 11.3 Å². The molecule has 2 aliphatic rings. The monoisotopic (exact) mass is 336 g/mol. The molecule has 1 aliphatic heterocycles. The molecule has 1 aliphatic carbocycles. The van der Waals surface area contributed by atoms with Crippen LogP contribution in [0.2, 0.25) is 0 Å². The number of carbonyl (C=O) groups excluding carboxylic acids is 1. The molecule has 1 saturated carbocycles. The number of carbonyl (C=O) groups is 1. The van der Waals surface area contributed by atoms with Gasteiger partial charge in [-0.25, -0.2) is 13.2 Å². The minimum Gasteiger partial charge on any atom is -0.336 e. The summed E-state index contributed by atoms with van der Waals surface area (Å²) in [5, 5.41) is 2.91. The highest BCUT2D eigenvalue weighted by atomic mass is 32.2. The van der Waals surface area contributed by atoms with E-state index in [1.807, 2.05) is 6.07 Å². The van der Waals surface area contributed by atoms with Crippen molar-refractivity contribution in [1.29, 1.82) is 0 Å². The van der Waals surface area contributed by atoms with E-state index in [1.165, 1.54) is 11.8 Å². The van der Waals surface area contributed by atoms with Crippen molar-refractivity contribution in [3.05, 3.63) is 35.9 Å². The second kappa shape index (κ2) is 6.15. The first-order chi connectivity index (χ1) is 10.9. The van der Waals surface area contributed by atoms with Gasteiger partial charge in [0.25, 0.3) is 0 Å². The van der Waals surface area contributed by atoms with Gasteiger partial charge in [-0.1, -0.05) is 30.3 Å². The van der Waals surface area contributed by atoms with E-state index in [1.54, 1.807) is 4.90 Å². The fourth-order valence-corrected chi connectivity index (χ4v) is 4.42. The highest BCUT2D eigenvalue weighted by Crippen LogP contribution is 2.42. The maximum atomic E-state index is 12.1. The van der Waals surface area contributed by atoms with Gasteiger partial charge in [-0.05, 0) is 37.2 Å². The molecule has 0 atom stereocenters. The van der Waals surface area contributed by atoms with Crippen LogP contribution < -0.4 is 5.32 Å². The lowest BCUT2D eigenvalue weighted by molar-refractivity contribution is 0.117. The predicted molar refractivity (Wildman–Crippen MR) is 90.2 cm³/mol. The van der Waals surface area contributed by atoms with E-state index in [0.29, 0.717) is 19.0 Å². The van der Waals surface area contributed by atoms with Gasteiger partial charge in [0.2, 0.25) is 0 Å². The van der Waals surface area contributed by atoms with Crippen LogP contribution in [0.4, 0.5) is 4.79 Å². The molecule has 126 valence electrons. The number of nitrogens with zero attached hydrogens (tertiary/aromatic N) is 1. The summed E-state index contributed by atoms with van der Waals surface area (Å²) in [5.74, 6) is 0.568. The summed E-state index contributed by atoms with van der Waals surface area (Å²) in [6, 6.07) is 10.4. The zero-order chi connectivity index (χ0) is 16.5. The van der Waals surface area contributed by atoms with Crippen molar-refractivity contribution < 1.29 is 13.2 Å². The molecule has 2 amide bonds. The highest BCUT2D eigenvalue weighted by molar-refractivity contribution is 7.90. The molecule has 6 heteroatoms. The molecule has 1 aromatic rings. The molecule has 0 bridgehead atoms. The van der Waals surface area contributed by atoms with Gasteiger partial charge in [-0.2, -0.15) is 0 Å². The predicted octanol–water partition coefficient (Wildman–Crippen LogP) is 2.15. The summed E-state index contributed by atoms with van der Waals surface area (Å²) in [5.41, 5.74) is 1.16. The van der Waals surface area contributed by atoms with Crippen molar-refractivity contribution in [3.8, 4) is 0 Å². The van der Waals surface area contributed by atoms with Gasteiger partial charge in [0.1, 0.15) is 9.84 Å². The lowest BCUT2D eigenvalue weighted by Gasteiger charge is -2.42. The van der Waals surface area contributed by atoms with Gasteiger partial charge in [0, 0.05) is 19.3 Å². The number of rotatable bonds is 4. The molecule has 0 aromatic heterocycles. The maximum Gasteiger partial charge on any atom is 0.318 e. The van der Waals surface area contributed by atoms with Gasteiger partial charge >= 0.3 is 6.03 Å². The Balaban J connectivity index is 1.69. The van der Waals surface area contributed by atoms with Crippen LogP contribution in [0.5, 0.6) is 0 Å². The Morgan fingerprint density at radius 1 is 1.22 bits per heavy atom. The molecular formula is C17H24N2O3S. The molecule has 0 radical (unpaired) electrons. The van der Waals surface area contributed by atoms with E-state index in [-0.39, 0.29) is 17.3 Å². The molecule has 3 rings (SSSR count). The molecule has 2 fully saturated rings. The molecular weight excluding hydrogens is 312 g/mol. The van der Waals surface area contributed by atoms with E-state index >= 15 is 0 Å². The maximum absolute atomic E-state index is 12.1. The summed E-state index contributed by atoms with van der Waals surface area (Å²) >= 11 is 0. The Hall–Kier alpha value is -1.56. The number of hydrogen-bond donors (Lipinski definition) is 1. The zero-order valence-corrected chi connectivity index (χ0v) is 14.3. The number of hydrogen-bond acceptors (Lipinski definition) is 3. The average molecular weight is 336 g/mol. The van der Waals surface area contributed by atoms with Gasteiger partial charge in [0.15, 0.2) is 0 Å². The Labute approximate surface area is 138 Å². The fourth-order valence-electron chi connectivity index (χ4n) is 3.90. The third-order valence-electron chi connectivity index (χ3n) is 5.26. The van der Waals surface area contributed by atoms with Crippen LogP contribution in [-0.4, -0.2) is 50.0 Å². The molecule has 1 heterocycles. The number of sulfone groups is 1. The molecule has 1 saturated heterocycles. The largest absolute Gasteiger partial charge is 0.336 e. The average Bonchev–Trinajstić information content (AvgIpc) is 2.82. The van der Waals surface area contributed by atoms with Crippen molar-refractivity contribution in [1.82, 2.24) is 10.2 Å².